The number of rotatable bonds is 2. The zero-order valence-electron chi connectivity index (χ0n) is 13.7. The van der Waals surface area contributed by atoms with Crippen LogP contribution in [0.25, 0.3) is 0 Å². The van der Waals surface area contributed by atoms with E-state index in [1.807, 2.05) is 0 Å². The van der Waals surface area contributed by atoms with Crippen molar-refractivity contribution in [3.8, 4) is 0 Å². The van der Waals surface area contributed by atoms with E-state index >= 15 is 0 Å². The lowest BCUT2D eigenvalue weighted by Gasteiger charge is -2.27. The number of carboxylic acid groups (broad SMARTS) is 1. The van der Waals surface area contributed by atoms with Crippen LogP contribution in [0.15, 0.2) is 4.99 Å². The van der Waals surface area contributed by atoms with Crippen molar-refractivity contribution in [2.75, 3.05) is 6.54 Å². The molecule has 0 aromatic carbocycles. The topological polar surface area (TPSA) is 132 Å². The van der Waals surface area contributed by atoms with Crippen molar-refractivity contribution in [2.45, 2.75) is 52.7 Å². The lowest BCUT2D eigenvalue weighted by molar-refractivity contribution is -0.135. The zero-order valence-corrected chi connectivity index (χ0v) is 13.7. The maximum absolute atomic E-state index is 12.1. The molecule has 0 heterocycles. The fraction of sp³-hybridized carbons (Fsp3) is 0.692. The van der Waals surface area contributed by atoms with Crippen molar-refractivity contribution in [2.24, 2.45) is 10.7 Å². The van der Waals surface area contributed by atoms with Gasteiger partial charge in [0.05, 0.1) is 0 Å². The van der Waals surface area contributed by atoms with E-state index in [0.717, 1.165) is 0 Å². The number of carbonyl (C=O) groups excluding carboxylic acids is 2. The molecule has 0 aliphatic rings. The number of hydrogen-bond donors (Lipinski definition) is 2. The van der Waals surface area contributed by atoms with Crippen LogP contribution in [-0.2, 0) is 14.3 Å². The summed E-state index contributed by atoms with van der Waals surface area (Å²) in [4.78, 5) is 38.4. The van der Waals surface area contributed by atoms with Crippen LogP contribution in [0.3, 0.4) is 0 Å². The molecule has 2 amide bonds. The summed E-state index contributed by atoms with van der Waals surface area (Å²) in [6, 6.07) is 0. The first-order valence-electron chi connectivity index (χ1n) is 6.51. The van der Waals surface area contributed by atoms with Crippen molar-refractivity contribution in [1.29, 1.82) is 0 Å². The summed E-state index contributed by atoms with van der Waals surface area (Å²) >= 11 is 0. The minimum absolute atomic E-state index is 0.361. The summed E-state index contributed by atoms with van der Waals surface area (Å²) in [6.07, 6.45) is -2.21. The van der Waals surface area contributed by atoms with Crippen molar-refractivity contribution in [3.63, 3.8) is 0 Å². The SMILES string of the molecule is CC(C)(C)OC(=O)N(C(=O)OC(C)(C)C)C(N)=NCC(=O)O. The molecule has 3 N–H and O–H groups in total. The Morgan fingerprint density at radius 1 is 1.00 bits per heavy atom. The average Bonchev–Trinajstić information content (AvgIpc) is 2.20. The standard InChI is InChI=1S/C13H23N3O6/c1-12(2,3)21-10(19)16(9(14)15-7-8(17)18)11(20)22-13(4,5)6/h7H2,1-6H3,(H2,14,15)(H,17,18). The van der Waals surface area contributed by atoms with Crippen LogP contribution >= 0.6 is 0 Å². The number of nitrogens with two attached hydrogens (primary N) is 1. The van der Waals surface area contributed by atoms with Crippen LogP contribution in [0, 0.1) is 0 Å². The van der Waals surface area contributed by atoms with Crippen LogP contribution in [0.1, 0.15) is 41.5 Å². The second kappa shape index (κ2) is 7.10. The lowest BCUT2D eigenvalue weighted by Crippen LogP contribution is -2.50. The molecule has 0 aromatic rings. The fourth-order valence-corrected chi connectivity index (χ4v) is 1.10. The third-order valence-electron chi connectivity index (χ3n) is 1.76. The normalized spacial score (nSPS) is 12.5. The number of amides is 2. The van der Waals surface area contributed by atoms with Crippen LogP contribution < -0.4 is 5.73 Å². The molecule has 0 rings (SSSR count). The van der Waals surface area contributed by atoms with Crippen LogP contribution in [-0.4, -0.2) is 51.9 Å². The smallest absolute Gasteiger partial charge is 0.427 e. The summed E-state index contributed by atoms with van der Waals surface area (Å²) < 4.78 is 10.1. The van der Waals surface area contributed by atoms with E-state index in [4.69, 9.17) is 20.3 Å². The van der Waals surface area contributed by atoms with E-state index < -0.39 is 41.9 Å². The largest absolute Gasteiger partial charge is 0.480 e. The van der Waals surface area contributed by atoms with Crippen molar-refractivity contribution in [3.05, 3.63) is 0 Å². The van der Waals surface area contributed by atoms with Gasteiger partial charge >= 0.3 is 18.2 Å². The summed E-state index contributed by atoms with van der Waals surface area (Å²) in [7, 11) is 0. The van der Waals surface area contributed by atoms with Gasteiger partial charge in [-0.2, -0.15) is 0 Å². The van der Waals surface area contributed by atoms with E-state index in [1.165, 1.54) is 0 Å². The molecule has 0 radical (unpaired) electrons. The molecule has 0 aliphatic carbocycles. The number of aliphatic imine (C=N–C) groups is 1. The van der Waals surface area contributed by atoms with Gasteiger partial charge in [0.15, 0.2) is 0 Å². The van der Waals surface area contributed by atoms with Gasteiger partial charge in [0.2, 0.25) is 5.96 Å². The van der Waals surface area contributed by atoms with Crippen molar-refractivity contribution in [1.82, 2.24) is 4.90 Å². The summed E-state index contributed by atoms with van der Waals surface area (Å²) in [5.74, 6) is -1.89. The first kappa shape index (κ1) is 19.7. The fourth-order valence-electron chi connectivity index (χ4n) is 1.10. The van der Waals surface area contributed by atoms with Gasteiger partial charge in [-0.3, -0.25) is 4.79 Å². The van der Waals surface area contributed by atoms with Gasteiger partial charge in [-0.05, 0) is 41.5 Å². The average molecular weight is 317 g/mol. The summed E-state index contributed by atoms with van der Waals surface area (Å²) in [6.45, 7) is 8.90. The van der Waals surface area contributed by atoms with Crippen LogP contribution in [0.5, 0.6) is 0 Å². The predicted octanol–water partition coefficient (Wildman–Crippen LogP) is 1.56. The van der Waals surface area contributed by atoms with Gasteiger partial charge in [-0.1, -0.05) is 0 Å². The highest BCUT2D eigenvalue weighted by atomic mass is 16.6. The number of guanidine groups is 1. The van der Waals surface area contributed by atoms with Crippen molar-refractivity contribution < 1.29 is 29.0 Å². The number of hydrogen-bond acceptors (Lipinski definition) is 6. The number of nitrogens with zero attached hydrogens (tertiary/aromatic N) is 2. The number of aliphatic carboxylic acids is 1. The summed E-state index contributed by atoms with van der Waals surface area (Å²) in [5.41, 5.74) is 3.75. The number of carboxylic acids is 1. The zero-order chi connectivity index (χ0) is 17.7. The first-order chi connectivity index (χ1) is 9.73. The molecule has 0 aliphatic heterocycles. The van der Waals surface area contributed by atoms with Crippen LogP contribution in [0.4, 0.5) is 9.59 Å². The van der Waals surface area contributed by atoms with E-state index in [9.17, 15) is 14.4 Å². The van der Waals surface area contributed by atoms with Gasteiger partial charge in [-0.15, -0.1) is 4.90 Å². The molecule has 0 aromatic heterocycles. The summed E-state index contributed by atoms with van der Waals surface area (Å²) in [5, 5.41) is 8.58. The van der Waals surface area contributed by atoms with Gasteiger partial charge < -0.3 is 20.3 Å². The molecular formula is C13H23N3O6. The third-order valence-corrected chi connectivity index (χ3v) is 1.76. The number of ether oxygens (including phenoxy) is 2. The quantitative estimate of drug-likeness (QED) is 0.583. The Morgan fingerprint density at radius 2 is 1.36 bits per heavy atom. The number of imide groups is 1. The van der Waals surface area contributed by atoms with Gasteiger partial charge in [0.25, 0.3) is 0 Å². The minimum atomic E-state index is -1.27. The Morgan fingerprint density at radius 3 is 1.64 bits per heavy atom. The Kier molecular flexibility index (Phi) is 6.35. The molecular weight excluding hydrogens is 294 g/mol. The Labute approximate surface area is 129 Å². The van der Waals surface area contributed by atoms with Crippen molar-refractivity contribution >= 4 is 24.1 Å². The highest BCUT2D eigenvalue weighted by Crippen LogP contribution is 2.14. The third kappa shape index (κ3) is 8.08. The monoisotopic (exact) mass is 317 g/mol. The van der Waals surface area contributed by atoms with E-state index in [2.05, 4.69) is 4.99 Å². The van der Waals surface area contributed by atoms with Gasteiger partial charge in [-0.25, -0.2) is 14.6 Å². The van der Waals surface area contributed by atoms with E-state index in [-0.39, 0.29) is 0 Å². The van der Waals surface area contributed by atoms with E-state index in [0.29, 0.717) is 4.90 Å². The Balaban J connectivity index is 5.39. The molecule has 9 nitrogen and oxygen atoms in total. The Hall–Kier alpha value is -2.32. The molecule has 9 heteroatoms. The Bertz CT molecular complexity index is 445. The lowest BCUT2D eigenvalue weighted by atomic mass is 10.2. The molecule has 0 fully saturated rings. The van der Waals surface area contributed by atoms with Gasteiger partial charge in [0.1, 0.15) is 17.7 Å². The molecule has 126 valence electrons. The maximum Gasteiger partial charge on any atom is 0.427 e. The highest BCUT2D eigenvalue weighted by molar-refractivity contribution is 6.07. The molecule has 0 bridgehead atoms. The number of carbonyl (C=O) groups is 3. The minimum Gasteiger partial charge on any atom is -0.480 e. The highest BCUT2D eigenvalue weighted by Gasteiger charge is 2.34. The maximum atomic E-state index is 12.1. The van der Waals surface area contributed by atoms with Crippen LogP contribution in [0.2, 0.25) is 0 Å². The predicted molar refractivity (Wildman–Crippen MR) is 78.4 cm³/mol. The molecule has 22 heavy (non-hydrogen) atoms. The molecule has 0 saturated carbocycles. The van der Waals surface area contributed by atoms with E-state index in [1.54, 1.807) is 41.5 Å². The first-order valence-corrected chi connectivity index (χ1v) is 6.51. The molecule has 0 saturated heterocycles. The van der Waals surface area contributed by atoms with Gasteiger partial charge in [0, 0.05) is 0 Å². The molecule has 0 spiro atoms. The second-order valence-corrected chi connectivity index (χ2v) is 6.36. The second-order valence-electron chi connectivity index (χ2n) is 6.36. The molecule has 0 unspecified atom stereocenters. The molecule has 0 atom stereocenters.